The van der Waals surface area contributed by atoms with Crippen molar-refractivity contribution in [2.45, 2.75) is 26.3 Å². The van der Waals surface area contributed by atoms with E-state index in [0.29, 0.717) is 25.1 Å². The molecule has 1 N–H and O–H groups in total. The molecule has 3 aliphatic heterocycles. The van der Waals surface area contributed by atoms with Crippen LogP contribution in [-0.2, 0) is 17.7 Å². The zero-order valence-corrected chi connectivity index (χ0v) is 23.9. The van der Waals surface area contributed by atoms with E-state index in [1.165, 1.54) is 5.56 Å². The fraction of sp³-hybridized carbons (Fsp3) is 0.548. The van der Waals surface area contributed by atoms with Crippen LogP contribution in [0.15, 0.2) is 36.4 Å². The monoisotopic (exact) mass is 546 g/mol. The van der Waals surface area contributed by atoms with E-state index < -0.39 is 0 Å². The number of ether oxygens (including phenoxy) is 2. The van der Waals surface area contributed by atoms with E-state index in [4.69, 9.17) is 19.4 Å². The van der Waals surface area contributed by atoms with Crippen molar-refractivity contribution >= 4 is 22.3 Å². The van der Waals surface area contributed by atoms with Crippen molar-refractivity contribution in [3.63, 3.8) is 0 Å². The molecule has 2 aromatic carbocycles. The summed E-state index contributed by atoms with van der Waals surface area (Å²) in [6, 6.07) is 12.5. The number of aromatic hydroxyl groups is 1. The number of hydrogen-bond donors (Lipinski definition) is 1. The smallest absolute Gasteiger partial charge is 0.318 e. The Morgan fingerprint density at radius 2 is 1.82 bits per heavy atom. The number of nitrogens with zero attached hydrogens (tertiary/aromatic N) is 6. The SMILES string of the molecule is CCN1CCN(c2nc(OCC3CCN(CCOC)C3)nc3c2CCN(c2cc(O)cc4ccccc24)C3)CC1. The van der Waals surface area contributed by atoms with Gasteiger partial charge in [-0.15, -0.1) is 0 Å². The van der Waals surface area contributed by atoms with Gasteiger partial charge < -0.3 is 34.2 Å². The van der Waals surface area contributed by atoms with Crippen LogP contribution < -0.4 is 14.5 Å². The summed E-state index contributed by atoms with van der Waals surface area (Å²) in [5.74, 6) is 1.81. The molecule has 2 fully saturated rings. The van der Waals surface area contributed by atoms with Gasteiger partial charge in [-0.3, -0.25) is 0 Å². The van der Waals surface area contributed by atoms with Crippen LogP contribution in [0.2, 0.25) is 0 Å². The minimum atomic E-state index is 0.289. The Morgan fingerprint density at radius 3 is 2.65 bits per heavy atom. The van der Waals surface area contributed by atoms with Gasteiger partial charge in [0.2, 0.25) is 0 Å². The summed E-state index contributed by atoms with van der Waals surface area (Å²) < 4.78 is 11.6. The Hall–Kier alpha value is -3.14. The maximum absolute atomic E-state index is 10.5. The standard InChI is InChI=1S/C31H42N6O3/c1-3-34-12-14-36(15-13-34)30-27-9-11-37(29-19-25(38)18-24-6-4-5-7-26(24)29)21-28(27)32-31(33-30)40-22-23-8-10-35(20-23)16-17-39-2/h4-7,18-19,23,38H,3,8-17,20-22H2,1-2H3. The highest BCUT2D eigenvalue weighted by molar-refractivity contribution is 5.95. The van der Waals surface area contributed by atoms with E-state index in [1.54, 1.807) is 7.11 Å². The molecule has 2 saturated heterocycles. The molecule has 214 valence electrons. The number of fused-ring (bicyclic) bond motifs is 2. The summed E-state index contributed by atoms with van der Waals surface area (Å²) in [5, 5.41) is 12.7. The van der Waals surface area contributed by atoms with Crippen LogP contribution in [0.1, 0.15) is 24.6 Å². The molecule has 3 aliphatic rings. The lowest BCUT2D eigenvalue weighted by Gasteiger charge is -2.38. The molecule has 6 rings (SSSR count). The quantitative estimate of drug-likeness (QED) is 0.435. The van der Waals surface area contributed by atoms with E-state index in [9.17, 15) is 5.11 Å². The number of methoxy groups -OCH3 is 1. The summed E-state index contributed by atoms with van der Waals surface area (Å²) in [7, 11) is 1.76. The normalized spacial score (nSPS) is 20.3. The van der Waals surface area contributed by atoms with E-state index >= 15 is 0 Å². The van der Waals surface area contributed by atoms with Gasteiger partial charge in [-0.1, -0.05) is 31.2 Å². The van der Waals surface area contributed by atoms with Crippen molar-refractivity contribution in [2.75, 3.05) is 89.0 Å². The van der Waals surface area contributed by atoms with Crippen LogP contribution in [0.4, 0.5) is 11.5 Å². The second kappa shape index (κ2) is 12.2. The number of benzene rings is 2. The van der Waals surface area contributed by atoms with Crippen molar-refractivity contribution in [3.8, 4) is 11.8 Å². The molecule has 0 amide bonds. The summed E-state index contributed by atoms with van der Waals surface area (Å²) in [6.45, 7) is 13.3. The van der Waals surface area contributed by atoms with Crippen LogP contribution in [-0.4, -0.2) is 104 Å². The molecule has 1 aromatic heterocycles. The van der Waals surface area contributed by atoms with Gasteiger partial charge in [-0.05, 0) is 37.4 Å². The number of rotatable bonds is 9. The van der Waals surface area contributed by atoms with Gasteiger partial charge in [0.25, 0.3) is 0 Å². The molecule has 9 nitrogen and oxygen atoms in total. The lowest BCUT2D eigenvalue weighted by molar-refractivity contribution is 0.155. The molecule has 0 saturated carbocycles. The van der Waals surface area contributed by atoms with Crippen molar-refractivity contribution in [2.24, 2.45) is 5.92 Å². The minimum absolute atomic E-state index is 0.289. The van der Waals surface area contributed by atoms with Crippen molar-refractivity contribution in [1.29, 1.82) is 0 Å². The molecular formula is C31H42N6O3. The Bertz CT molecular complexity index is 1310. The van der Waals surface area contributed by atoms with Gasteiger partial charge >= 0.3 is 6.01 Å². The maximum atomic E-state index is 10.5. The third kappa shape index (κ3) is 5.82. The number of hydrogen-bond acceptors (Lipinski definition) is 9. The Balaban J connectivity index is 1.26. The van der Waals surface area contributed by atoms with E-state index in [1.807, 2.05) is 18.2 Å². The lowest BCUT2D eigenvalue weighted by atomic mass is 10.0. The predicted octanol–water partition coefficient (Wildman–Crippen LogP) is 3.39. The first kappa shape index (κ1) is 27.1. The van der Waals surface area contributed by atoms with Gasteiger partial charge in [0.05, 0.1) is 25.5 Å². The molecule has 4 heterocycles. The molecule has 0 bridgehead atoms. The van der Waals surface area contributed by atoms with Crippen LogP contribution in [0.5, 0.6) is 11.8 Å². The first-order chi connectivity index (χ1) is 19.6. The van der Waals surface area contributed by atoms with Gasteiger partial charge in [-0.25, -0.2) is 0 Å². The number of piperazine rings is 1. The third-order valence-corrected chi connectivity index (χ3v) is 8.74. The molecule has 0 spiro atoms. The molecule has 0 aliphatic carbocycles. The van der Waals surface area contributed by atoms with Crippen LogP contribution in [0, 0.1) is 5.92 Å². The fourth-order valence-corrected chi connectivity index (χ4v) is 6.40. The number of anilines is 2. The van der Waals surface area contributed by atoms with Crippen LogP contribution >= 0.6 is 0 Å². The summed E-state index contributed by atoms with van der Waals surface area (Å²) in [5.41, 5.74) is 3.32. The first-order valence-electron chi connectivity index (χ1n) is 14.8. The maximum Gasteiger partial charge on any atom is 0.318 e. The first-order valence-corrected chi connectivity index (χ1v) is 14.8. The zero-order valence-electron chi connectivity index (χ0n) is 23.9. The highest BCUT2D eigenvalue weighted by Crippen LogP contribution is 2.36. The Morgan fingerprint density at radius 1 is 0.975 bits per heavy atom. The summed E-state index contributed by atoms with van der Waals surface area (Å²) in [4.78, 5) is 19.7. The van der Waals surface area contributed by atoms with Gasteiger partial charge in [0.1, 0.15) is 11.6 Å². The van der Waals surface area contributed by atoms with E-state index in [2.05, 4.69) is 44.7 Å². The van der Waals surface area contributed by atoms with Crippen LogP contribution in [0.3, 0.4) is 0 Å². The largest absolute Gasteiger partial charge is 0.508 e. The minimum Gasteiger partial charge on any atom is -0.508 e. The molecule has 3 aromatic rings. The number of phenols is 1. The lowest BCUT2D eigenvalue weighted by Crippen LogP contribution is -2.47. The third-order valence-electron chi connectivity index (χ3n) is 8.74. The second-order valence-electron chi connectivity index (χ2n) is 11.3. The average Bonchev–Trinajstić information content (AvgIpc) is 3.45. The predicted molar refractivity (Wildman–Crippen MR) is 159 cm³/mol. The highest BCUT2D eigenvalue weighted by atomic mass is 16.5. The van der Waals surface area contributed by atoms with E-state index in [0.717, 1.165) is 106 Å². The van der Waals surface area contributed by atoms with Gasteiger partial charge in [-0.2, -0.15) is 9.97 Å². The average molecular weight is 547 g/mol. The fourth-order valence-electron chi connectivity index (χ4n) is 6.40. The zero-order chi connectivity index (χ0) is 27.5. The Labute approximate surface area is 237 Å². The van der Waals surface area contributed by atoms with E-state index in [-0.39, 0.29) is 5.75 Å². The van der Waals surface area contributed by atoms with Gasteiger partial charge in [0.15, 0.2) is 0 Å². The molecule has 9 heteroatoms. The molecule has 1 atom stereocenters. The molecule has 0 radical (unpaired) electrons. The number of aromatic nitrogens is 2. The second-order valence-corrected chi connectivity index (χ2v) is 11.3. The summed E-state index contributed by atoms with van der Waals surface area (Å²) >= 11 is 0. The van der Waals surface area contributed by atoms with Crippen molar-refractivity contribution in [1.82, 2.24) is 19.8 Å². The topological polar surface area (TPSA) is 77.4 Å². The molecule has 40 heavy (non-hydrogen) atoms. The van der Waals surface area contributed by atoms with Crippen LogP contribution in [0.25, 0.3) is 10.8 Å². The Kier molecular flexibility index (Phi) is 8.22. The molecule has 1 unspecified atom stereocenters. The molecular weight excluding hydrogens is 504 g/mol. The van der Waals surface area contributed by atoms with Crippen molar-refractivity contribution in [3.05, 3.63) is 47.7 Å². The highest BCUT2D eigenvalue weighted by Gasteiger charge is 2.29. The van der Waals surface area contributed by atoms with Gasteiger partial charge in [0, 0.05) is 81.5 Å². The number of likely N-dealkylation sites (N-methyl/N-ethyl adjacent to an activating group) is 1. The summed E-state index contributed by atoms with van der Waals surface area (Å²) in [6.07, 6.45) is 1.98. The van der Waals surface area contributed by atoms with Crippen molar-refractivity contribution < 1.29 is 14.6 Å². The number of phenolic OH excluding ortho intramolecular Hbond substituents is 1. The number of likely N-dealkylation sites (tertiary alicyclic amines) is 1.